The summed E-state index contributed by atoms with van der Waals surface area (Å²) >= 11 is 0. The van der Waals surface area contributed by atoms with Gasteiger partial charge in [0.25, 0.3) is 5.91 Å². The molecule has 3 heterocycles. The van der Waals surface area contributed by atoms with Crippen molar-refractivity contribution < 1.29 is 4.79 Å². The average Bonchev–Trinajstić information content (AvgIpc) is 2.92. The largest absolute Gasteiger partial charge is 0.354 e. The standard InChI is InChI=1S/C21H23N5O/c1-15-14-19(24-16(2)23-15)21(27)26-11-5-10-25(12-13-26)20-18-7-4-3-6-17(18)8-9-22-20/h3-4,6-9,14H,5,10-13H2,1-2H3. The minimum absolute atomic E-state index is 0.0173. The van der Waals surface area contributed by atoms with Crippen LogP contribution in [-0.2, 0) is 0 Å². The van der Waals surface area contributed by atoms with Crippen molar-refractivity contribution in [3.63, 3.8) is 0 Å². The Bertz CT molecular complexity index is 962. The van der Waals surface area contributed by atoms with Gasteiger partial charge in [-0.05, 0) is 37.8 Å². The van der Waals surface area contributed by atoms with E-state index in [1.807, 2.05) is 43.1 Å². The normalized spacial score (nSPS) is 15.0. The van der Waals surface area contributed by atoms with Gasteiger partial charge in [0.15, 0.2) is 0 Å². The lowest BCUT2D eigenvalue weighted by atomic mass is 10.1. The number of carbonyl (C=O) groups excluding carboxylic acids is 1. The molecule has 0 atom stereocenters. The molecule has 0 N–H and O–H groups in total. The molecule has 0 unspecified atom stereocenters. The highest BCUT2D eigenvalue weighted by atomic mass is 16.2. The van der Waals surface area contributed by atoms with Crippen LogP contribution in [0.25, 0.3) is 10.8 Å². The maximum atomic E-state index is 12.9. The number of aryl methyl sites for hydroxylation is 2. The molecular formula is C21H23N5O. The molecule has 1 saturated heterocycles. The number of amides is 1. The highest BCUT2D eigenvalue weighted by molar-refractivity contribution is 5.93. The first-order valence-corrected chi connectivity index (χ1v) is 9.32. The Morgan fingerprint density at radius 1 is 1.00 bits per heavy atom. The summed E-state index contributed by atoms with van der Waals surface area (Å²) in [4.78, 5) is 30.3. The van der Waals surface area contributed by atoms with E-state index in [1.54, 1.807) is 6.07 Å². The third-order valence-electron chi connectivity index (χ3n) is 4.92. The van der Waals surface area contributed by atoms with E-state index in [0.29, 0.717) is 18.1 Å². The Hall–Kier alpha value is -3.02. The van der Waals surface area contributed by atoms with E-state index in [2.05, 4.69) is 32.0 Å². The van der Waals surface area contributed by atoms with Crippen LogP contribution in [-0.4, -0.2) is 51.9 Å². The molecule has 1 aliphatic heterocycles. The van der Waals surface area contributed by atoms with Crippen LogP contribution in [0.2, 0.25) is 0 Å². The lowest BCUT2D eigenvalue weighted by Crippen LogP contribution is -2.36. The minimum atomic E-state index is -0.0173. The molecule has 138 valence electrons. The Labute approximate surface area is 158 Å². The van der Waals surface area contributed by atoms with Crippen molar-refractivity contribution >= 4 is 22.5 Å². The van der Waals surface area contributed by atoms with Gasteiger partial charge in [0.1, 0.15) is 17.3 Å². The predicted molar refractivity (Wildman–Crippen MR) is 106 cm³/mol. The van der Waals surface area contributed by atoms with Crippen LogP contribution in [0.4, 0.5) is 5.82 Å². The first kappa shape index (κ1) is 17.4. The third kappa shape index (κ3) is 3.60. The number of hydrogen-bond acceptors (Lipinski definition) is 5. The number of hydrogen-bond donors (Lipinski definition) is 0. The Balaban J connectivity index is 1.54. The summed E-state index contributed by atoms with van der Waals surface area (Å²) in [5, 5.41) is 2.34. The molecule has 0 spiro atoms. The van der Waals surface area contributed by atoms with Gasteiger partial charge in [-0.1, -0.05) is 24.3 Å². The number of benzene rings is 1. The van der Waals surface area contributed by atoms with Crippen molar-refractivity contribution in [2.75, 3.05) is 31.1 Å². The SMILES string of the molecule is Cc1cc(C(=O)N2CCCN(c3nccc4ccccc34)CC2)nc(C)n1. The van der Waals surface area contributed by atoms with E-state index in [0.717, 1.165) is 43.0 Å². The van der Waals surface area contributed by atoms with Gasteiger partial charge in [-0.15, -0.1) is 0 Å². The Morgan fingerprint density at radius 3 is 2.70 bits per heavy atom. The van der Waals surface area contributed by atoms with Gasteiger partial charge in [-0.2, -0.15) is 0 Å². The maximum Gasteiger partial charge on any atom is 0.272 e. The zero-order valence-electron chi connectivity index (χ0n) is 15.7. The molecular weight excluding hydrogens is 338 g/mol. The predicted octanol–water partition coefficient (Wildman–Crippen LogP) is 2.99. The molecule has 2 aromatic heterocycles. The van der Waals surface area contributed by atoms with Gasteiger partial charge >= 0.3 is 0 Å². The van der Waals surface area contributed by atoms with Gasteiger partial charge < -0.3 is 9.80 Å². The fraction of sp³-hybridized carbons (Fsp3) is 0.333. The third-order valence-corrected chi connectivity index (χ3v) is 4.92. The van der Waals surface area contributed by atoms with Crippen LogP contribution in [0.3, 0.4) is 0 Å². The highest BCUT2D eigenvalue weighted by Gasteiger charge is 2.23. The molecule has 1 fully saturated rings. The van der Waals surface area contributed by atoms with Gasteiger partial charge in [0.05, 0.1) is 0 Å². The molecule has 0 aliphatic carbocycles. The molecule has 1 aromatic carbocycles. The van der Waals surface area contributed by atoms with E-state index >= 15 is 0 Å². The number of nitrogens with zero attached hydrogens (tertiary/aromatic N) is 5. The lowest BCUT2D eigenvalue weighted by molar-refractivity contribution is 0.0760. The summed E-state index contributed by atoms with van der Waals surface area (Å²) in [7, 11) is 0. The van der Waals surface area contributed by atoms with Crippen LogP contribution in [0.1, 0.15) is 28.4 Å². The number of aromatic nitrogens is 3. The summed E-state index contributed by atoms with van der Waals surface area (Å²) in [5.74, 6) is 1.61. The van der Waals surface area contributed by atoms with Crippen LogP contribution in [0.15, 0.2) is 42.6 Å². The highest BCUT2D eigenvalue weighted by Crippen LogP contribution is 2.25. The number of anilines is 1. The molecule has 27 heavy (non-hydrogen) atoms. The first-order chi connectivity index (χ1) is 13.1. The van der Waals surface area contributed by atoms with Crippen molar-refractivity contribution in [1.29, 1.82) is 0 Å². The molecule has 4 rings (SSSR count). The number of rotatable bonds is 2. The summed E-state index contributed by atoms with van der Waals surface area (Å²) < 4.78 is 0. The zero-order valence-corrected chi connectivity index (χ0v) is 15.7. The second-order valence-electron chi connectivity index (χ2n) is 6.93. The molecule has 0 saturated carbocycles. The summed E-state index contributed by atoms with van der Waals surface area (Å²) in [6, 6.07) is 12.1. The molecule has 3 aromatic rings. The molecule has 6 nitrogen and oxygen atoms in total. The van der Waals surface area contributed by atoms with Crippen molar-refractivity contribution in [2.45, 2.75) is 20.3 Å². The van der Waals surface area contributed by atoms with E-state index in [9.17, 15) is 4.79 Å². The van der Waals surface area contributed by atoms with Crippen LogP contribution < -0.4 is 4.90 Å². The molecule has 0 radical (unpaired) electrons. The maximum absolute atomic E-state index is 12.9. The van der Waals surface area contributed by atoms with Crippen molar-refractivity contribution in [3.8, 4) is 0 Å². The first-order valence-electron chi connectivity index (χ1n) is 9.32. The minimum Gasteiger partial charge on any atom is -0.354 e. The summed E-state index contributed by atoms with van der Waals surface area (Å²) in [6.45, 7) is 6.73. The van der Waals surface area contributed by atoms with E-state index in [1.165, 1.54) is 5.39 Å². The number of pyridine rings is 1. The second kappa shape index (κ2) is 7.31. The molecule has 1 aliphatic rings. The van der Waals surface area contributed by atoms with Gasteiger partial charge in [-0.25, -0.2) is 15.0 Å². The van der Waals surface area contributed by atoms with Crippen molar-refractivity contribution in [2.24, 2.45) is 0 Å². The van der Waals surface area contributed by atoms with Crippen molar-refractivity contribution in [1.82, 2.24) is 19.9 Å². The second-order valence-corrected chi connectivity index (χ2v) is 6.93. The molecule has 0 bridgehead atoms. The van der Waals surface area contributed by atoms with Crippen LogP contribution in [0, 0.1) is 13.8 Å². The van der Waals surface area contributed by atoms with E-state index < -0.39 is 0 Å². The van der Waals surface area contributed by atoms with Crippen LogP contribution >= 0.6 is 0 Å². The molecule has 1 amide bonds. The molecule has 6 heteroatoms. The lowest BCUT2D eigenvalue weighted by Gasteiger charge is -2.24. The monoisotopic (exact) mass is 361 g/mol. The number of fused-ring (bicyclic) bond motifs is 1. The van der Waals surface area contributed by atoms with E-state index in [-0.39, 0.29) is 5.91 Å². The fourth-order valence-electron chi connectivity index (χ4n) is 3.68. The smallest absolute Gasteiger partial charge is 0.272 e. The number of carbonyl (C=O) groups is 1. The quantitative estimate of drug-likeness (QED) is 0.702. The zero-order chi connectivity index (χ0) is 18.8. The average molecular weight is 361 g/mol. The van der Waals surface area contributed by atoms with Gasteiger partial charge in [0.2, 0.25) is 0 Å². The fourth-order valence-corrected chi connectivity index (χ4v) is 3.68. The van der Waals surface area contributed by atoms with Gasteiger partial charge in [0, 0.05) is 43.5 Å². The topological polar surface area (TPSA) is 62.2 Å². The van der Waals surface area contributed by atoms with Gasteiger partial charge in [-0.3, -0.25) is 4.79 Å². The Morgan fingerprint density at radius 2 is 1.85 bits per heavy atom. The Kier molecular flexibility index (Phi) is 4.71. The van der Waals surface area contributed by atoms with Crippen LogP contribution in [0.5, 0.6) is 0 Å². The summed E-state index contributed by atoms with van der Waals surface area (Å²) in [6.07, 6.45) is 2.76. The summed E-state index contributed by atoms with van der Waals surface area (Å²) in [5.41, 5.74) is 1.30. The van der Waals surface area contributed by atoms with Crippen molar-refractivity contribution in [3.05, 3.63) is 59.8 Å². The van der Waals surface area contributed by atoms with E-state index in [4.69, 9.17) is 0 Å².